The summed E-state index contributed by atoms with van der Waals surface area (Å²) >= 11 is 0. The first-order valence-electron chi connectivity index (χ1n) is 5.29. The number of rotatable bonds is 3. The molecule has 0 fully saturated rings. The van der Waals surface area contributed by atoms with E-state index in [1.54, 1.807) is 6.20 Å². The highest BCUT2D eigenvalue weighted by atomic mass is 15.0. The van der Waals surface area contributed by atoms with E-state index in [1.165, 1.54) is 0 Å². The molecule has 2 aromatic heterocycles. The lowest BCUT2D eigenvalue weighted by Gasteiger charge is -2.22. The van der Waals surface area contributed by atoms with E-state index in [9.17, 15) is 0 Å². The third kappa shape index (κ3) is 1.97. The zero-order valence-corrected chi connectivity index (χ0v) is 9.78. The maximum absolute atomic E-state index is 4.56. The van der Waals surface area contributed by atoms with Gasteiger partial charge in [-0.05, 0) is 33.0 Å². The Bertz CT molecular complexity index is 460. The Labute approximate surface area is 95.1 Å². The first-order chi connectivity index (χ1) is 7.63. The highest BCUT2D eigenvalue weighted by molar-refractivity contribution is 5.57. The van der Waals surface area contributed by atoms with Crippen LogP contribution in [0.4, 0.5) is 0 Å². The molecule has 2 N–H and O–H groups in total. The van der Waals surface area contributed by atoms with E-state index in [0.29, 0.717) is 0 Å². The van der Waals surface area contributed by atoms with Crippen LogP contribution in [0.2, 0.25) is 0 Å². The highest BCUT2D eigenvalue weighted by Crippen LogP contribution is 2.20. The van der Waals surface area contributed by atoms with Crippen LogP contribution in [0, 0.1) is 0 Å². The number of nitrogens with zero attached hydrogens (tertiary/aromatic N) is 2. The maximum atomic E-state index is 4.56. The SMILES string of the molecule is CNC(C)(C)c1nccc(-c2cc[nH]c2)n1. The van der Waals surface area contributed by atoms with Gasteiger partial charge in [0, 0.05) is 24.2 Å². The number of hydrogen-bond acceptors (Lipinski definition) is 3. The largest absolute Gasteiger partial charge is 0.367 e. The molecule has 0 saturated carbocycles. The molecule has 4 nitrogen and oxygen atoms in total. The van der Waals surface area contributed by atoms with E-state index in [4.69, 9.17) is 0 Å². The average molecular weight is 216 g/mol. The summed E-state index contributed by atoms with van der Waals surface area (Å²) in [4.78, 5) is 11.9. The minimum atomic E-state index is -0.216. The fourth-order valence-electron chi connectivity index (χ4n) is 1.42. The van der Waals surface area contributed by atoms with E-state index in [-0.39, 0.29) is 5.54 Å². The van der Waals surface area contributed by atoms with Crippen LogP contribution < -0.4 is 5.32 Å². The zero-order chi connectivity index (χ0) is 11.6. The minimum Gasteiger partial charge on any atom is -0.367 e. The lowest BCUT2D eigenvalue weighted by Crippen LogP contribution is -2.35. The summed E-state index contributed by atoms with van der Waals surface area (Å²) < 4.78 is 0. The number of nitrogens with one attached hydrogen (secondary N) is 2. The van der Waals surface area contributed by atoms with Crippen molar-refractivity contribution in [1.29, 1.82) is 0 Å². The molecule has 0 aliphatic carbocycles. The maximum Gasteiger partial charge on any atom is 0.148 e. The fraction of sp³-hybridized carbons (Fsp3) is 0.333. The molecule has 84 valence electrons. The first kappa shape index (κ1) is 10.8. The third-order valence-corrected chi connectivity index (χ3v) is 2.73. The van der Waals surface area contributed by atoms with Crippen molar-refractivity contribution >= 4 is 0 Å². The Kier molecular flexibility index (Phi) is 2.75. The molecular formula is C12H16N4. The van der Waals surface area contributed by atoms with Crippen LogP contribution in [0.15, 0.2) is 30.7 Å². The molecule has 2 aromatic rings. The van der Waals surface area contributed by atoms with Crippen LogP contribution in [-0.4, -0.2) is 22.0 Å². The van der Waals surface area contributed by atoms with E-state index >= 15 is 0 Å². The van der Waals surface area contributed by atoms with Gasteiger partial charge < -0.3 is 10.3 Å². The third-order valence-electron chi connectivity index (χ3n) is 2.73. The van der Waals surface area contributed by atoms with Gasteiger partial charge in [0.1, 0.15) is 5.82 Å². The van der Waals surface area contributed by atoms with Crippen molar-refractivity contribution < 1.29 is 0 Å². The first-order valence-corrected chi connectivity index (χ1v) is 5.29. The van der Waals surface area contributed by atoms with Crippen LogP contribution in [0.1, 0.15) is 19.7 Å². The van der Waals surface area contributed by atoms with Crippen molar-refractivity contribution in [2.75, 3.05) is 7.05 Å². The highest BCUT2D eigenvalue weighted by Gasteiger charge is 2.21. The molecule has 0 aliphatic rings. The Morgan fingerprint density at radius 2 is 2.12 bits per heavy atom. The van der Waals surface area contributed by atoms with Crippen LogP contribution in [0.3, 0.4) is 0 Å². The molecule has 0 atom stereocenters. The molecular weight excluding hydrogens is 200 g/mol. The second-order valence-electron chi connectivity index (χ2n) is 4.24. The summed E-state index contributed by atoms with van der Waals surface area (Å²) in [6.45, 7) is 4.12. The van der Waals surface area contributed by atoms with Crippen LogP contribution >= 0.6 is 0 Å². The number of hydrogen-bond donors (Lipinski definition) is 2. The van der Waals surface area contributed by atoms with Gasteiger partial charge in [-0.1, -0.05) is 0 Å². The summed E-state index contributed by atoms with van der Waals surface area (Å²) in [7, 11) is 1.91. The van der Waals surface area contributed by atoms with Gasteiger partial charge in [-0.2, -0.15) is 0 Å². The number of aromatic nitrogens is 3. The lowest BCUT2D eigenvalue weighted by molar-refractivity contribution is 0.417. The van der Waals surface area contributed by atoms with Crippen molar-refractivity contribution in [2.45, 2.75) is 19.4 Å². The molecule has 0 amide bonds. The Hall–Kier alpha value is -1.68. The molecule has 0 unspecified atom stereocenters. The number of H-pyrrole nitrogens is 1. The molecule has 4 heteroatoms. The summed E-state index contributed by atoms with van der Waals surface area (Å²) in [5.41, 5.74) is 1.80. The standard InChI is InChI=1S/C12H16N4/c1-12(2,13-3)11-15-7-5-10(16-11)9-4-6-14-8-9/h4-8,13-14H,1-3H3. The molecule has 0 aliphatic heterocycles. The summed E-state index contributed by atoms with van der Waals surface area (Å²) in [5, 5.41) is 3.20. The van der Waals surface area contributed by atoms with Gasteiger partial charge in [0.15, 0.2) is 0 Å². The molecule has 0 saturated heterocycles. The molecule has 0 aromatic carbocycles. The van der Waals surface area contributed by atoms with Gasteiger partial charge in [0.05, 0.1) is 11.2 Å². The van der Waals surface area contributed by atoms with E-state index in [1.807, 2.05) is 31.6 Å². The van der Waals surface area contributed by atoms with Gasteiger partial charge in [0.2, 0.25) is 0 Å². The van der Waals surface area contributed by atoms with Crippen LogP contribution in [-0.2, 0) is 5.54 Å². The minimum absolute atomic E-state index is 0.216. The predicted molar refractivity (Wildman–Crippen MR) is 63.9 cm³/mol. The predicted octanol–water partition coefficient (Wildman–Crippen LogP) is 1.93. The quantitative estimate of drug-likeness (QED) is 0.824. The van der Waals surface area contributed by atoms with Crippen LogP contribution in [0.5, 0.6) is 0 Å². The molecule has 2 heterocycles. The Morgan fingerprint density at radius 3 is 2.75 bits per heavy atom. The van der Waals surface area contributed by atoms with Crippen LogP contribution in [0.25, 0.3) is 11.3 Å². The Balaban J connectivity index is 2.41. The van der Waals surface area contributed by atoms with Crippen molar-refractivity contribution in [3.63, 3.8) is 0 Å². The van der Waals surface area contributed by atoms with Gasteiger partial charge in [-0.3, -0.25) is 0 Å². The van der Waals surface area contributed by atoms with E-state index in [2.05, 4.69) is 34.1 Å². The normalized spacial score (nSPS) is 11.7. The number of aromatic amines is 1. The van der Waals surface area contributed by atoms with E-state index in [0.717, 1.165) is 17.1 Å². The molecule has 0 radical (unpaired) electrons. The van der Waals surface area contributed by atoms with Gasteiger partial charge in [-0.15, -0.1) is 0 Å². The summed E-state index contributed by atoms with van der Waals surface area (Å²) in [6.07, 6.45) is 5.61. The van der Waals surface area contributed by atoms with Crippen molar-refractivity contribution in [3.05, 3.63) is 36.5 Å². The van der Waals surface area contributed by atoms with Gasteiger partial charge >= 0.3 is 0 Å². The van der Waals surface area contributed by atoms with Crippen molar-refractivity contribution in [2.24, 2.45) is 0 Å². The van der Waals surface area contributed by atoms with Gasteiger partial charge in [-0.25, -0.2) is 9.97 Å². The van der Waals surface area contributed by atoms with Crippen molar-refractivity contribution in [3.8, 4) is 11.3 Å². The van der Waals surface area contributed by atoms with Gasteiger partial charge in [0.25, 0.3) is 0 Å². The Morgan fingerprint density at radius 1 is 1.31 bits per heavy atom. The van der Waals surface area contributed by atoms with E-state index < -0.39 is 0 Å². The summed E-state index contributed by atoms with van der Waals surface area (Å²) in [6, 6.07) is 3.91. The summed E-state index contributed by atoms with van der Waals surface area (Å²) in [5.74, 6) is 0.800. The molecule has 0 bridgehead atoms. The lowest BCUT2D eigenvalue weighted by atomic mass is 10.0. The monoisotopic (exact) mass is 216 g/mol. The zero-order valence-electron chi connectivity index (χ0n) is 9.78. The second-order valence-corrected chi connectivity index (χ2v) is 4.24. The topological polar surface area (TPSA) is 53.6 Å². The average Bonchev–Trinajstić information content (AvgIpc) is 2.83. The molecule has 2 rings (SSSR count). The smallest absolute Gasteiger partial charge is 0.148 e. The second kappa shape index (κ2) is 4.06. The molecule has 0 spiro atoms. The fourth-order valence-corrected chi connectivity index (χ4v) is 1.42. The molecule has 16 heavy (non-hydrogen) atoms. The van der Waals surface area contributed by atoms with Crippen molar-refractivity contribution in [1.82, 2.24) is 20.3 Å².